The van der Waals surface area contributed by atoms with Gasteiger partial charge in [0.2, 0.25) is 0 Å². The Kier molecular flexibility index (Phi) is 4.52. The molecule has 0 spiro atoms. The molecule has 4 aliphatic carbocycles. The molecule has 5 fully saturated rings. The standard InChI is InChI=1S/C24H36NO2/c1-25(8-2-3-9-25)16-22(26)17-27-23-6-4-21(5-7-23)24-13-18-10-19(14-24)12-20(11-18)15-24/h4-7,18-20,22,26H,2-3,8-17H2,1H3/q+1. The number of benzene rings is 1. The molecule has 1 unspecified atom stereocenters. The van der Waals surface area contributed by atoms with Crippen LogP contribution in [0, 0.1) is 17.8 Å². The van der Waals surface area contributed by atoms with E-state index in [0.29, 0.717) is 12.0 Å². The quantitative estimate of drug-likeness (QED) is 0.763. The maximum atomic E-state index is 10.4. The molecule has 0 amide bonds. The van der Waals surface area contributed by atoms with Gasteiger partial charge >= 0.3 is 0 Å². The molecule has 5 aliphatic rings. The normalized spacial score (nSPS) is 37.5. The van der Waals surface area contributed by atoms with Crippen LogP contribution >= 0.6 is 0 Å². The van der Waals surface area contributed by atoms with Gasteiger partial charge in [-0.1, -0.05) is 12.1 Å². The minimum absolute atomic E-state index is 0.379. The number of hydrogen-bond acceptors (Lipinski definition) is 2. The van der Waals surface area contributed by atoms with Gasteiger partial charge in [-0.25, -0.2) is 0 Å². The maximum Gasteiger partial charge on any atom is 0.137 e. The summed E-state index contributed by atoms with van der Waals surface area (Å²) in [5, 5.41) is 10.4. The highest BCUT2D eigenvalue weighted by Gasteiger charge is 2.51. The van der Waals surface area contributed by atoms with E-state index in [1.165, 1.54) is 64.5 Å². The highest BCUT2D eigenvalue weighted by Crippen LogP contribution is 2.60. The Morgan fingerprint density at radius 2 is 1.56 bits per heavy atom. The smallest absolute Gasteiger partial charge is 0.137 e. The number of likely N-dealkylation sites (tertiary alicyclic amines) is 1. The molecule has 1 saturated heterocycles. The first-order valence-electron chi connectivity index (χ1n) is 11.3. The predicted molar refractivity (Wildman–Crippen MR) is 108 cm³/mol. The van der Waals surface area contributed by atoms with Gasteiger partial charge < -0.3 is 14.3 Å². The van der Waals surface area contributed by atoms with E-state index < -0.39 is 0 Å². The van der Waals surface area contributed by atoms with Crippen LogP contribution in [0.25, 0.3) is 0 Å². The highest BCUT2D eigenvalue weighted by atomic mass is 16.5. The fourth-order valence-corrected chi connectivity index (χ4v) is 7.40. The molecule has 1 atom stereocenters. The van der Waals surface area contributed by atoms with Crippen LogP contribution in [0.1, 0.15) is 56.9 Å². The summed E-state index contributed by atoms with van der Waals surface area (Å²) in [5.74, 6) is 3.86. The molecular formula is C24H36NO2+. The number of hydrogen-bond donors (Lipinski definition) is 1. The third-order valence-corrected chi connectivity index (χ3v) is 8.24. The van der Waals surface area contributed by atoms with E-state index in [0.717, 1.165) is 34.5 Å². The van der Waals surface area contributed by atoms with Crippen molar-refractivity contribution >= 4 is 0 Å². The summed E-state index contributed by atoms with van der Waals surface area (Å²) < 4.78 is 6.93. The number of ether oxygens (including phenoxy) is 1. The lowest BCUT2D eigenvalue weighted by Gasteiger charge is -2.57. The summed E-state index contributed by atoms with van der Waals surface area (Å²) in [6.45, 7) is 3.60. The van der Waals surface area contributed by atoms with E-state index in [1.54, 1.807) is 5.56 Å². The average molecular weight is 371 g/mol. The van der Waals surface area contributed by atoms with E-state index in [1.807, 2.05) is 0 Å². The first-order chi connectivity index (χ1) is 13.0. The van der Waals surface area contributed by atoms with Gasteiger partial charge in [0.05, 0.1) is 20.1 Å². The number of quaternary nitrogens is 1. The molecule has 1 aliphatic heterocycles. The molecule has 1 N–H and O–H groups in total. The van der Waals surface area contributed by atoms with Crippen molar-refractivity contribution in [2.45, 2.75) is 62.9 Å². The monoisotopic (exact) mass is 370 g/mol. The van der Waals surface area contributed by atoms with Crippen LogP contribution in [0.15, 0.2) is 24.3 Å². The van der Waals surface area contributed by atoms with Gasteiger partial charge in [0.1, 0.15) is 25.0 Å². The van der Waals surface area contributed by atoms with Crippen LogP contribution in [0.4, 0.5) is 0 Å². The van der Waals surface area contributed by atoms with E-state index in [2.05, 4.69) is 31.3 Å². The number of nitrogens with zero attached hydrogens (tertiary/aromatic N) is 1. The molecule has 0 radical (unpaired) electrons. The summed E-state index contributed by atoms with van der Waals surface area (Å²) >= 11 is 0. The van der Waals surface area contributed by atoms with E-state index in [-0.39, 0.29) is 6.10 Å². The molecule has 4 bridgehead atoms. The van der Waals surface area contributed by atoms with Gasteiger partial charge in [-0.2, -0.15) is 0 Å². The lowest BCUT2D eigenvalue weighted by Crippen LogP contribution is -2.48. The number of rotatable bonds is 6. The van der Waals surface area contributed by atoms with Gasteiger partial charge in [-0.3, -0.25) is 0 Å². The second kappa shape index (κ2) is 6.77. The zero-order valence-corrected chi connectivity index (χ0v) is 16.9. The fourth-order valence-electron chi connectivity index (χ4n) is 7.40. The number of aliphatic hydroxyl groups excluding tert-OH is 1. The first-order valence-corrected chi connectivity index (χ1v) is 11.3. The van der Waals surface area contributed by atoms with Crippen molar-refractivity contribution in [1.29, 1.82) is 0 Å². The molecule has 148 valence electrons. The highest BCUT2D eigenvalue weighted by molar-refractivity contribution is 5.34. The first kappa shape index (κ1) is 18.0. The zero-order valence-electron chi connectivity index (χ0n) is 16.9. The summed E-state index contributed by atoms with van der Waals surface area (Å²) in [5.41, 5.74) is 2.01. The third kappa shape index (κ3) is 3.53. The van der Waals surface area contributed by atoms with Crippen molar-refractivity contribution < 1.29 is 14.3 Å². The molecule has 3 nitrogen and oxygen atoms in total. The third-order valence-electron chi connectivity index (χ3n) is 8.24. The Hall–Kier alpha value is -1.06. The van der Waals surface area contributed by atoms with Crippen LogP contribution in [0.5, 0.6) is 5.75 Å². The fraction of sp³-hybridized carbons (Fsp3) is 0.750. The van der Waals surface area contributed by atoms with Crippen molar-refractivity contribution in [1.82, 2.24) is 0 Å². The Morgan fingerprint density at radius 3 is 2.11 bits per heavy atom. The molecular weight excluding hydrogens is 334 g/mol. The molecule has 1 aromatic rings. The van der Waals surface area contributed by atoms with Gasteiger partial charge in [-0.05, 0) is 79.4 Å². The topological polar surface area (TPSA) is 29.5 Å². The van der Waals surface area contributed by atoms with Crippen molar-refractivity contribution in [3.8, 4) is 5.75 Å². The molecule has 1 aromatic carbocycles. The van der Waals surface area contributed by atoms with Gasteiger partial charge in [0.15, 0.2) is 0 Å². The zero-order chi connectivity index (χ0) is 18.5. The summed E-state index contributed by atoms with van der Waals surface area (Å²) in [6, 6.07) is 8.94. The van der Waals surface area contributed by atoms with Crippen LogP contribution < -0.4 is 4.74 Å². The molecule has 0 aromatic heterocycles. The Morgan fingerprint density at radius 1 is 1.00 bits per heavy atom. The SMILES string of the molecule is C[N+]1(CC(O)COc2ccc(C34CC5CC(CC(C5)C3)C4)cc2)CCCC1. The van der Waals surface area contributed by atoms with E-state index in [4.69, 9.17) is 4.74 Å². The van der Waals surface area contributed by atoms with Gasteiger partial charge in [0, 0.05) is 12.8 Å². The van der Waals surface area contributed by atoms with Crippen molar-refractivity contribution in [2.75, 3.05) is 33.3 Å². The second-order valence-corrected chi connectivity index (χ2v) is 10.6. The molecule has 6 rings (SSSR count). The van der Waals surface area contributed by atoms with Crippen LogP contribution in [-0.4, -0.2) is 49.0 Å². The molecule has 27 heavy (non-hydrogen) atoms. The minimum atomic E-state index is -0.379. The van der Waals surface area contributed by atoms with Gasteiger partial charge in [-0.15, -0.1) is 0 Å². The lowest BCUT2D eigenvalue weighted by molar-refractivity contribution is -0.900. The molecule has 3 heteroatoms. The summed E-state index contributed by atoms with van der Waals surface area (Å²) in [4.78, 5) is 0. The van der Waals surface area contributed by atoms with Crippen molar-refractivity contribution in [3.05, 3.63) is 29.8 Å². The van der Waals surface area contributed by atoms with E-state index in [9.17, 15) is 5.11 Å². The van der Waals surface area contributed by atoms with Crippen molar-refractivity contribution in [3.63, 3.8) is 0 Å². The van der Waals surface area contributed by atoms with Gasteiger partial charge in [0.25, 0.3) is 0 Å². The number of aliphatic hydroxyl groups is 1. The Balaban J connectivity index is 1.20. The van der Waals surface area contributed by atoms with Crippen LogP contribution in [0.2, 0.25) is 0 Å². The Bertz CT molecular complexity index is 626. The molecule has 1 heterocycles. The largest absolute Gasteiger partial charge is 0.491 e. The summed E-state index contributed by atoms with van der Waals surface area (Å²) in [7, 11) is 2.26. The average Bonchev–Trinajstić information content (AvgIpc) is 3.05. The second-order valence-electron chi connectivity index (χ2n) is 10.6. The number of likely N-dealkylation sites (N-methyl/N-ethyl adjacent to an activating group) is 1. The van der Waals surface area contributed by atoms with Crippen LogP contribution in [0.3, 0.4) is 0 Å². The van der Waals surface area contributed by atoms with Crippen LogP contribution in [-0.2, 0) is 5.41 Å². The maximum absolute atomic E-state index is 10.4. The summed E-state index contributed by atoms with van der Waals surface area (Å²) in [6.07, 6.45) is 10.9. The van der Waals surface area contributed by atoms with E-state index >= 15 is 0 Å². The predicted octanol–water partition coefficient (Wildman–Crippen LogP) is 4.13. The Labute approximate surface area is 164 Å². The molecule has 4 saturated carbocycles. The van der Waals surface area contributed by atoms with Crippen molar-refractivity contribution in [2.24, 2.45) is 17.8 Å². The minimum Gasteiger partial charge on any atom is -0.491 e. The lowest BCUT2D eigenvalue weighted by atomic mass is 9.48.